The van der Waals surface area contributed by atoms with Crippen LogP contribution in [0.4, 0.5) is 0 Å². The number of H-pyrrole nitrogens is 1. The summed E-state index contributed by atoms with van der Waals surface area (Å²) in [6.07, 6.45) is 0. The van der Waals surface area contributed by atoms with Gasteiger partial charge in [0.1, 0.15) is 0 Å². The van der Waals surface area contributed by atoms with E-state index in [1.165, 1.54) is 4.68 Å². The second-order valence-corrected chi connectivity index (χ2v) is 2.28. The quantitative estimate of drug-likeness (QED) is 0.291. The molecule has 0 aliphatic carbocycles. The molecule has 1 aromatic rings. The van der Waals surface area contributed by atoms with Gasteiger partial charge in [-0.25, -0.2) is 0 Å². The summed E-state index contributed by atoms with van der Waals surface area (Å²) >= 11 is 4.82. The fraction of sp³-hybridized carbons (Fsp3) is 0.500. The first-order valence-electron chi connectivity index (χ1n) is 2.55. The minimum absolute atomic E-state index is 0.537. The topological polar surface area (TPSA) is 50.6 Å². The SMILES string of the molecule is Cc1n(C)[nH]c(=S)[n+]1N. The molecule has 9 heavy (non-hydrogen) atoms. The molecule has 0 aromatic carbocycles. The summed E-state index contributed by atoms with van der Waals surface area (Å²) < 4.78 is 3.73. The van der Waals surface area contributed by atoms with Crippen molar-refractivity contribution in [3.05, 3.63) is 10.6 Å². The van der Waals surface area contributed by atoms with Crippen LogP contribution in [0.2, 0.25) is 0 Å². The molecule has 1 aromatic heterocycles. The number of nitrogens with zero attached hydrogens (tertiary/aromatic N) is 2. The highest BCUT2D eigenvalue weighted by Crippen LogP contribution is 1.81. The average Bonchev–Trinajstić information content (AvgIpc) is 1.98. The molecule has 5 heteroatoms. The van der Waals surface area contributed by atoms with E-state index in [4.69, 9.17) is 18.1 Å². The molecule has 0 amide bonds. The predicted molar refractivity (Wildman–Crippen MR) is 35.7 cm³/mol. The zero-order valence-corrected chi connectivity index (χ0v) is 6.20. The lowest BCUT2D eigenvalue weighted by Crippen LogP contribution is -2.47. The Morgan fingerprint density at radius 3 is 2.44 bits per heavy atom. The van der Waals surface area contributed by atoms with Gasteiger partial charge in [-0.3, -0.25) is 5.84 Å². The van der Waals surface area contributed by atoms with E-state index >= 15 is 0 Å². The first-order valence-corrected chi connectivity index (χ1v) is 2.96. The molecule has 0 spiro atoms. The second kappa shape index (κ2) is 1.84. The monoisotopic (exact) mass is 145 g/mol. The molecule has 3 N–H and O–H groups in total. The molecule has 1 rings (SSSR count). The van der Waals surface area contributed by atoms with Gasteiger partial charge in [0.15, 0.2) is 0 Å². The highest BCUT2D eigenvalue weighted by atomic mass is 32.1. The molecule has 0 bridgehead atoms. The highest BCUT2D eigenvalue weighted by Gasteiger charge is 2.05. The van der Waals surface area contributed by atoms with Gasteiger partial charge in [-0.15, -0.1) is 9.77 Å². The van der Waals surface area contributed by atoms with Gasteiger partial charge in [0, 0.05) is 19.1 Å². The molecule has 0 saturated carbocycles. The van der Waals surface area contributed by atoms with Gasteiger partial charge < -0.3 is 0 Å². The summed E-state index contributed by atoms with van der Waals surface area (Å²) in [6.45, 7) is 1.88. The second-order valence-electron chi connectivity index (χ2n) is 1.89. The van der Waals surface area contributed by atoms with Gasteiger partial charge in [-0.2, -0.15) is 4.68 Å². The average molecular weight is 145 g/mol. The van der Waals surface area contributed by atoms with Crippen LogP contribution < -0.4 is 10.5 Å². The minimum atomic E-state index is 0.537. The van der Waals surface area contributed by atoms with E-state index in [2.05, 4.69) is 5.10 Å². The molecule has 0 aliphatic heterocycles. The van der Waals surface area contributed by atoms with Crippen molar-refractivity contribution in [1.82, 2.24) is 9.78 Å². The summed E-state index contributed by atoms with van der Waals surface area (Å²) in [4.78, 5) is 0. The van der Waals surface area contributed by atoms with E-state index in [0.717, 1.165) is 5.82 Å². The summed E-state index contributed by atoms with van der Waals surface area (Å²) in [5, 5.41) is 2.84. The first kappa shape index (κ1) is 6.28. The molecule has 50 valence electrons. The van der Waals surface area contributed by atoms with Crippen LogP contribution >= 0.6 is 12.2 Å². The van der Waals surface area contributed by atoms with Crippen molar-refractivity contribution < 1.29 is 4.68 Å². The summed E-state index contributed by atoms with van der Waals surface area (Å²) in [5.41, 5.74) is 0. The van der Waals surface area contributed by atoms with Crippen LogP contribution in [0.5, 0.6) is 0 Å². The molecule has 0 aliphatic rings. The number of hydrogen-bond acceptors (Lipinski definition) is 2. The van der Waals surface area contributed by atoms with Crippen LogP contribution in [0, 0.1) is 11.7 Å². The van der Waals surface area contributed by atoms with E-state index in [9.17, 15) is 0 Å². The molecule has 0 fully saturated rings. The highest BCUT2D eigenvalue weighted by molar-refractivity contribution is 7.71. The molecule has 0 radical (unpaired) electrons. The number of aromatic amines is 1. The Bertz CT molecular complexity index is 271. The fourth-order valence-corrected chi connectivity index (χ4v) is 0.856. The van der Waals surface area contributed by atoms with Gasteiger partial charge in [0.25, 0.3) is 5.82 Å². The van der Waals surface area contributed by atoms with Crippen LogP contribution in [0.3, 0.4) is 0 Å². The van der Waals surface area contributed by atoms with Crippen molar-refractivity contribution in [2.75, 3.05) is 5.84 Å². The van der Waals surface area contributed by atoms with Gasteiger partial charge in [0.05, 0.1) is 7.05 Å². The van der Waals surface area contributed by atoms with E-state index in [1.54, 1.807) is 4.68 Å². The summed E-state index contributed by atoms with van der Waals surface area (Å²) in [5.74, 6) is 6.37. The molecule has 4 nitrogen and oxygen atoms in total. The van der Waals surface area contributed by atoms with Crippen LogP contribution in [0.25, 0.3) is 0 Å². The zero-order valence-electron chi connectivity index (χ0n) is 5.38. The van der Waals surface area contributed by atoms with Gasteiger partial charge in [0.2, 0.25) is 0 Å². The van der Waals surface area contributed by atoms with Crippen LogP contribution in [0.1, 0.15) is 5.82 Å². The number of rotatable bonds is 0. The van der Waals surface area contributed by atoms with Gasteiger partial charge in [-0.05, 0) is 0 Å². The third kappa shape index (κ3) is 0.829. The number of nitrogens with one attached hydrogen (secondary N) is 1. The summed E-state index contributed by atoms with van der Waals surface area (Å²) in [6, 6.07) is 0. The Kier molecular flexibility index (Phi) is 1.28. The lowest BCUT2D eigenvalue weighted by atomic mass is 10.7. The number of aromatic nitrogens is 3. The fourth-order valence-electron chi connectivity index (χ4n) is 0.587. The summed E-state index contributed by atoms with van der Waals surface area (Å²) in [7, 11) is 1.86. The minimum Gasteiger partial charge on any atom is -0.288 e. The van der Waals surface area contributed by atoms with Crippen molar-refractivity contribution in [1.29, 1.82) is 0 Å². The number of aryl methyl sites for hydroxylation is 1. The Hall–Kier alpha value is -0.840. The maximum absolute atomic E-state index is 5.46. The van der Waals surface area contributed by atoms with Crippen molar-refractivity contribution >= 4 is 12.2 Å². The molecule has 1 heterocycles. The van der Waals surface area contributed by atoms with Crippen molar-refractivity contribution in [3.8, 4) is 0 Å². The first-order chi connectivity index (χ1) is 4.13. The standard InChI is InChI=1S/C4H8N4S/c1-3-7(2)6-4(9)8(3)5/h5H2,1-2H3/p+1. The number of nitrogen functional groups attached to an aromatic ring is 1. The molecular formula is C4H9N4S+. The van der Waals surface area contributed by atoms with Crippen LogP contribution in [-0.2, 0) is 7.05 Å². The van der Waals surface area contributed by atoms with E-state index in [1.807, 2.05) is 14.0 Å². The van der Waals surface area contributed by atoms with Crippen molar-refractivity contribution in [3.63, 3.8) is 0 Å². The Morgan fingerprint density at radius 2 is 2.33 bits per heavy atom. The smallest absolute Gasteiger partial charge is 0.288 e. The zero-order chi connectivity index (χ0) is 7.02. The number of hydrogen-bond donors (Lipinski definition) is 2. The van der Waals surface area contributed by atoms with E-state index in [-0.39, 0.29) is 0 Å². The normalized spacial score (nSPS) is 10.0. The van der Waals surface area contributed by atoms with Crippen molar-refractivity contribution in [2.45, 2.75) is 6.92 Å². The number of nitrogens with two attached hydrogens (primary N) is 1. The van der Waals surface area contributed by atoms with Gasteiger partial charge in [-0.1, -0.05) is 0 Å². The predicted octanol–water partition coefficient (Wildman–Crippen LogP) is -0.608. The molecule has 0 saturated heterocycles. The van der Waals surface area contributed by atoms with E-state index in [0.29, 0.717) is 4.77 Å². The lowest BCUT2D eigenvalue weighted by Gasteiger charge is -1.84. The van der Waals surface area contributed by atoms with Crippen LogP contribution in [0.15, 0.2) is 0 Å². The van der Waals surface area contributed by atoms with Gasteiger partial charge >= 0.3 is 4.77 Å². The molecule has 0 unspecified atom stereocenters. The van der Waals surface area contributed by atoms with E-state index < -0.39 is 0 Å². The Balaban J connectivity index is 3.47. The molecular weight excluding hydrogens is 136 g/mol. The molecule has 0 atom stereocenters. The maximum atomic E-state index is 5.46. The maximum Gasteiger partial charge on any atom is 0.345 e. The van der Waals surface area contributed by atoms with Crippen molar-refractivity contribution in [2.24, 2.45) is 7.05 Å². The third-order valence-electron chi connectivity index (χ3n) is 1.32. The lowest BCUT2D eigenvalue weighted by molar-refractivity contribution is -0.652. The van der Waals surface area contributed by atoms with Crippen LogP contribution in [-0.4, -0.2) is 9.78 Å². The largest absolute Gasteiger partial charge is 0.345 e. The third-order valence-corrected chi connectivity index (χ3v) is 1.60. The Morgan fingerprint density at radius 1 is 1.78 bits per heavy atom. The Labute approximate surface area is 57.9 Å².